The van der Waals surface area contributed by atoms with E-state index in [1.165, 1.54) is 27.6 Å². The second kappa shape index (κ2) is 8.85. The molecule has 9 heteroatoms. The molecule has 0 bridgehead atoms. The number of rotatable bonds is 5. The molecule has 1 aliphatic heterocycles. The largest absolute Gasteiger partial charge is 0.345 e. The Labute approximate surface area is 190 Å². The quantitative estimate of drug-likeness (QED) is 0.521. The maximum Gasteiger partial charge on any atom is 0.244 e. The van der Waals surface area contributed by atoms with Crippen LogP contribution < -0.4 is 4.90 Å². The number of halogens is 2. The molecule has 0 saturated carbocycles. The molecule has 0 radical (unpaired) electrons. The van der Waals surface area contributed by atoms with E-state index in [2.05, 4.69) is 41.5 Å². The van der Waals surface area contributed by atoms with Crippen molar-refractivity contribution >= 4 is 49.7 Å². The van der Waals surface area contributed by atoms with Gasteiger partial charge in [-0.3, -0.25) is 0 Å². The van der Waals surface area contributed by atoms with Crippen LogP contribution in [0.1, 0.15) is 16.8 Å². The van der Waals surface area contributed by atoms with E-state index in [0.717, 1.165) is 17.2 Å². The molecule has 1 aromatic heterocycles. The minimum atomic E-state index is -3.66. The van der Waals surface area contributed by atoms with Crippen molar-refractivity contribution in [3.05, 3.63) is 74.7 Å². The Morgan fingerprint density at radius 2 is 1.73 bits per heavy atom. The van der Waals surface area contributed by atoms with E-state index >= 15 is 0 Å². The molecule has 2 aromatic carbocycles. The Balaban J connectivity index is 1.41. The van der Waals surface area contributed by atoms with Gasteiger partial charge in [-0.05, 0) is 30.7 Å². The highest BCUT2D eigenvalue weighted by Gasteiger charge is 2.30. The molecule has 1 saturated heterocycles. The number of nitrogens with zero attached hydrogens (tertiary/aromatic N) is 3. The van der Waals surface area contributed by atoms with Gasteiger partial charge in [-0.15, -0.1) is 11.3 Å². The van der Waals surface area contributed by atoms with Crippen molar-refractivity contribution in [3.63, 3.8) is 0 Å². The highest BCUT2D eigenvalue weighted by Crippen LogP contribution is 2.29. The maximum absolute atomic E-state index is 13.0. The minimum absolute atomic E-state index is 0.0941. The average molecular weight is 482 g/mol. The smallest absolute Gasteiger partial charge is 0.244 e. The average Bonchev–Trinajstić information content (AvgIpc) is 3.18. The van der Waals surface area contributed by atoms with Gasteiger partial charge >= 0.3 is 0 Å². The van der Waals surface area contributed by atoms with Gasteiger partial charge in [0.1, 0.15) is 4.90 Å². The SMILES string of the molecule is Cc1ccc(Cc2csc(N3CCN(S(=O)(=O)c4ccc(Cl)cc4Cl)CC3)n2)cc1. The molecule has 0 unspecified atom stereocenters. The number of sulfonamides is 1. The number of hydrogen-bond acceptors (Lipinski definition) is 5. The topological polar surface area (TPSA) is 53.5 Å². The Morgan fingerprint density at radius 1 is 1.03 bits per heavy atom. The van der Waals surface area contributed by atoms with Crippen LogP contribution in [0.25, 0.3) is 0 Å². The minimum Gasteiger partial charge on any atom is -0.345 e. The van der Waals surface area contributed by atoms with Gasteiger partial charge < -0.3 is 4.90 Å². The molecular weight excluding hydrogens is 461 g/mol. The van der Waals surface area contributed by atoms with Crippen molar-refractivity contribution in [2.75, 3.05) is 31.1 Å². The fourth-order valence-electron chi connectivity index (χ4n) is 3.38. The zero-order valence-corrected chi connectivity index (χ0v) is 19.5. The van der Waals surface area contributed by atoms with Crippen LogP contribution in [0.2, 0.25) is 10.0 Å². The molecule has 0 atom stereocenters. The fourth-order valence-corrected chi connectivity index (χ4v) is 6.43. The van der Waals surface area contributed by atoms with E-state index in [-0.39, 0.29) is 9.92 Å². The zero-order chi connectivity index (χ0) is 21.3. The first-order chi connectivity index (χ1) is 14.3. The number of hydrogen-bond donors (Lipinski definition) is 0. The van der Waals surface area contributed by atoms with E-state index in [9.17, 15) is 8.42 Å². The summed E-state index contributed by atoms with van der Waals surface area (Å²) < 4.78 is 27.4. The predicted octanol–water partition coefficient (Wildman–Crippen LogP) is 4.86. The lowest BCUT2D eigenvalue weighted by molar-refractivity contribution is 0.384. The monoisotopic (exact) mass is 481 g/mol. The van der Waals surface area contributed by atoms with Gasteiger partial charge in [0.05, 0.1) is 10.7 Å². The number of thiazole rings is 1. The third-order valence-electron chi connectivity index (χ3n) is 5.07. The molecule has 2 heterocycles. The summed E-state index contributed by atoms with van der Waals surface area (Å²) in [5, 5.41) is 3.56. The highest BCUT2D eigenvalue weighted by molar-refractivity contribution is 7.89. The van der Waals surface area contributed by atoms with Gasteiger partial charge in [0, 0.05) is 43.0 Å². The summed E-state index contributed by atoms with van der Waals surface area (Å²) in [6, 6.07) is 12.9. The molecule has 30 heavy (non-hydrogen) atoms. The van der Waals surface area contributed by atoms with Crippen molar-refractivity contribution in [2.24, 2.45) is 0 Å². The van der Waals surface area contributed by atoms with Crippen molar-refractivity contribution in [1.82, 2.24) is 9.29 Å². The predicted molar refractivity (Wildman–Crippen MR) is 124 cm³/mol. The number of aryl methyl sites for hydroxylation is 1. The Kier molecular flexibility index (Phi) is 6.36. The van der Waals surface area contributed by atoms with Gasteiger partial charge in [-0.25, -0.2) is 13.4 Å². The molecule has 0 amide bonds. The van der Waals surface area contributed by atoms with E-state index in [4.69, 9.17) is 28.2 Å². The third-order valence-corrected chi connectivity index (χ3v) is 8.63. The van der Waals surface area contributed by atoms with Crippen molar-refractivity contribution < 1.29 is 8.42 Å². The number of piperazine rings is 1. The molecule has 0 spiro atoms. The lowest BCUT2D eigenvalue weighted by Gasteiger charge is -2.33. The molecule has 4 rings (SSSR count). The number of anilines is 1. The summed E-state index contributed by atoms with van der Waals surface area (Å²) >= 11 is 13.6. The molecule has 0 N–H and O–H groups in total. The normalized spacial score (nSPS) is 15.5. The van der Waals surface area contributed by atoms with Crippen LogP contribution >= 0.6 is 34.5 Å². The summed E-state index contributed by atoms with van der Waals surface area (Å²) in [4.78, 5) is 6.99. The summed E-state index contributed by atoms with van der Waals surface area (Å²) in [5.41, 5.74) is 3.50. The van der Waals surface area contributed by atoms with Gasteiger partial charge in [0.15, 0.2) is 5.13 Å². The number of aromatic nitrogens is 1. The fraction of sp³-hybridized carbons (Fsp3) is 0.286. The number of benzene rings is 2. The Hall–Kier alpha value is -1.64. The summed E-state index contributed by atoms with van der Waals surface area (Å²) in [7, 11) is -3.66. The molecule has 158 valence electrons. The van der Waals surface area contributed by atoms with Crippen LogP contribution in [0.5, 0.6) is 0 Å². The van der Waals surface area contributed by atoms with Gasteiger partial charge in [0.2, 0.25) is 10.0 Å². The second-order valence-electron chi connectivity index (χ2n) is 7.25. The maximum atomic E-state index is 13.0. The summed E-state index contributed by atoms with van der Waals surface area (Å²) in [6.07, 6.45) is 0.792. The Morgan fingerprint density at radius 3 is 2.40 bits per heavy atom. The summed E-state index contributed by atoms with van der Waals surface area (Å²) in [6.45, 7) is 4.01. The molecule has 1 aliphatic rings. The van der Waals surface area contributed by atoms with Crippen LogP contribution in [0.4, 0.5) is 5.13 Å². The summed E-state index contributed by atoms with van der Waals surface area (Å²) in [5.74, 6) is 0. The first-order valence-electron chi connectivity index (χ1n) is 9.53. The second-order valence-corrected chi connectivity index (χ2v) is 10.8. The first-order valence-corrected chi connectivity index (χ1v) is 12.6. The van der Waals surface area contributed by atoms with Gasteiger partial charge in [-0.1, -0.05) is 53.0 Å². The van der Waals surface area contributed by atoms with E-state index in [1.807, 2.05) is 0 Å². The van der Waals surface area contributed by atoms with E-state index in [1.54, 1.807) is 17.4 Å². The van der Waals surface area contributed by atoms with Gasteiger partial charge in [-0.2, -0.15) is 4.31 Å². The van der Waals surface area contributed by atoms with Crippen molar-refractivity contribution in [3.8, 4) is 0 Å². The van der Waals surface area contributed by atoms with Crippen molar-refractivity contribution in [2.45, 2.75) is 18.2 Å². The van der Waals surface area contributed by atoms with Crippen LogP contribution in [-0.4, -0.2) is 43.9 Å². The van der Waals surface area contributed by atoms with Crippen LogP contribution in [0.3, 0.4) is 0 Å². The lowest BCUT2D eigenvalue weighted by atomic mass is 10.1. The highest BCUT2D eigenvalue weighted by atomic mass is 35.5. The standard InChI is InChI=1S/C21H21Cl2N3O2S2/c1-15-2-4-16(5-3-15)12-18-14-29-21(24-18)25-8-10-26(11-9-25)30(27,28)20-7-6-17(22)13-19(20)23/h2-7,13-14H,8-12H2,1H3. The molecule has 0 aliphatic carbocycles. The van der Waals surface area contributed by atoms with Crippen LogP contribution in [0.15, 0.2) is 52.7 Å². The molecular formula is C21H21Cl2N3O2S2. The van der Waals surface area contributed by atoms with E-state index < -0.39 is 10.0 Å². The van der Waals surface area contributed by atoms with Crippen molar-refractivity contribution in [1.29, 1.82) is 0 Å². The van der Waals surface area contributed by atoms with Crippen LogP contribution in [0, 0.1) is 6.92 Å². The Bertz CT molecular complexity index is 1140. The first kappa shape index (κ1) is 21.6. The molecule has 3 aromatic rings. The molecule has 1 fully saturated rings. The lowest BCUT2D eigenvalue weighted by Crippen LogP contribution is -2.48. The zero-order valence-electron chi connectivity index (χ0n) is 16.4. The van der Waals surface area contributed by atoms with E-state index in [0.29, 0.717) is 31.2 Å². The van der Waals surface area contributed by atoms with Gasteiger partial charge in [0.25, 0.3) is 0 Å². The molecule has 5 nitrogen and oxygen atoms in total. The third kappa shape index (κ3) is 4.65. The van der Waals surface area contributed by atoms with Crippen LogP contribution in [-0.2, 0) is 16.4 Å².